The average molecular weight is 410 g/mol. The number of aromatic nitrogens is 1. The van der Waals surface area contributed by atoms with E-state index in [1.807, 2.05) is 24.0 Å². The van der Waals surface area contributed by atoms with Gasteiger partial charge in [-0.1, -0.05) is 19.9 Å². The predicted molar refractivity (Wildman–Crippen MR) is 118 cm³/mol. The molecule has 1 fully saturated rings. The Morgan fingerprint density at radius 2 is 1.70 bits per heavy atom. The Kier molecular flexibility index (Phi) is 6.15. The third kappa shape index (κ3) is 4.32. The lowest BCUT2D eigenvalue weighted by atomic mass is 9.91. The van der Waals surface area contributed by atoms with Gasteiger partial charge in [-0.15, -0.1) is 0 Å². The number of aromatic amines is 1. The Labute approximate surface area is 178 Å². The third-order valence-corrected chi connectivity index (χ3v) is 5.91. The molecule has 0 aliphatic carbocycles. The number of carbonyl (C=O) groups is 3. The second-order valence-electron chi connectivity index (χ2n) is 8.82. The predicted octanol–water partition coefficient (Wildman–Crippen LogP) is 4.51. The molecule has 2 heterocycles. The van der Waals surface area contributed by atoms with Gasteiger partial charge in [-0.3, -0.25) is 14.4 Å². The number of piperidine rings is 1. The molecule has 0 radical (unpaired) electrons. The summed E-state index contributed by atoms with van der Waals surface area (Å²) < 4.78 is 0. The van der Waals surface area contributed by atoms with Crippen LogP contribution in [0.4, 0.5) is 5.69 Å². The number of H-pyrrole nitrogens is 1. The Balaban J connectivity index is 1.84. The topological polar surface area (TPSA) is 82.3 Å². The standard InChI is InChI=1S/C24H31N3O3/c1-13-9-14(2)12-27(11-13)24(30)19-8-7-15(3)20(10-19)26-23(29)22-16(4)21(18(6)28)17(5)25-22/h7-8,10,13-14,25H,9,11-12H2,1-6H3,(H,26,29). The number of likely N-dealkylation sites (tertiary alicyclic amines) is 1. The molecule has 2 amide bonds. The van der Waals surface area contributed by atoms with E-state index in [-0.39, 0.29) is 17.6 Å². The number of Topliss-reactive ketones (excluding diaryl/α,β-unsaturated/α-hetero) is 1. The lowest BCUT2D eigenvalue weighted by molar-refractivity contribution is 0.0623. The van der Waals surface area contributed by atoms with Crippen molar-refractivity contribution in [3.8, 4) is 0 Å². The quantitative estimate of drug-likeness (QED) is 0.729. The maximum atomic E-state index is 13.1. The molecule has 1 aromatic heterocycles. The van der Waals surface area contributed by atoms with Gasteiger partial charge >= 0.3 is 0 Å². The van der Waals surface area contributed by atoms with Crippen molar-refractivity contribution < 1.29 is 14.4 Å². The third-order valence-electron chi connectivity index (χ3n) is 5.91. The molecule has 2 N–H and O–H groups in total. The summed E-state index contributed by atoms with van der Waals surface area (Å²) in [5, 5.41) is 2.91. The Morgan fingerprint density at radius 3 is 2.27 bits per heavy atom. The first-order valence-electron chi connectivity index (χ1n) is 10.5. The second-order valence-corrected chi connectivity index (χ2v) is 8.82. The van der Waals surface area contributed by atoms with Crippen molar-refractivity contribution in [1.82, 2.24) is 9.88 Å². The van der Waals surface area contributed by atoms with Crippen LogP contribution in [0, 0.1) is 32.6 Å². The summed E-state index contributed by atoms with van der Waals surface area (Å²) in [5.74, 6) is 0.563. The van der Waals surface area contributed by atoms with Crippen molar-refractivity contribution >= 4 is 23.3 Å². The largest absolute Gasteiger partial charge is 0.354 e. The summed E-state index contributed by atoms with van der Waals surface area (Å²) in [6, 6.07) is 5.42. The van der Waals surface area contributed by atoms with Gasteiger partial charge in [-0.2, -0.15) is 0 Å². The van der Waals surface area contributed by atoms with Crippen LogP contribution in [0.15, 0.2) is 18.2 Å². The molecule has 2 atom stereocenters. The number of ketones is 1. The van der Waals surface area contributed by atoms with E-state index in [4.69, 9.17) is 0 Å². The summed E-state index contributed by atoms with van der Waals surface area (Å²) in [4.78, 5) is 42.7. The number of nitrogens with zero attached hydrogens (tertiary/aromatic N) is 1. The molecule has 1 saturated heterocycles. The highest BCUT2D eigenvalue weighted by molar-refractivity contribution is 6.08. The molecule has 30 heavy (non-hydrogen) atoms. The van der Waals surface area contributed by atoms with E-state index >= 15 is 0 Å². The fourth-order valence-electron chi connectivity index (χ4n) is 4.59. The number of amides is 2. The molecular weight excluding hydrogens is 378 g/mol. The first kappa shape index (κ1) is 21.8. The summed E-state index contributed by atoms with van der Waals surface area (Å²) in [7, 11) is 0. The molecule has 0 bridgehead atoms. The molecular formula is C24H31N3O3. The van der Waals surface area contributed by atoms with E-state index in [1.54, 1.807) is 19.9 Å². The van der Waals surface area contributed by atoms with Gasteiger partial charge < -0.3 is 15.2 Å². The lowest BCUT2D eigenvalue weighted by Crippen LogP contribution is -2.42. The zero-order chi connectivity index (χ0) is 22.2. The molecule has 6 nitrogen and oxygen atoms in total. The van der Waals surface area contributed by atoms with E-state index in [1.165, 1.54) is 6.92 Å². The van der Waals surface area contributed by atoms with Crippen LogP contribution in [0.1, 0.15) is 75.2 Å². The second kappa shape index (κ2) is 8.46. The van der Waals surface area contributed by atoms with E-state index < -0.39 is 0 Å². The molecule has 3 rings (SSSR count). The van der Waals surface area contributed by atoms with Gasteiger partial charge in [0.05, 0.1) is 0 Å². The monoisotopic (exact) mass is 409 g/mol. The molecule has 2 aromatic rings. The maximum absolute atomic E-state index is 13.1. The molecule has 0 spiro atoms. The van der Waals surface area contributed by atoms with E-state index in [2.05, 4.69) is 24.1 Å². The number of benzene rings is 1. The number of hydrogen-bond donors (Lipinski definition) is 2. The number of hydrogen-bond acceptors (Lipinski definition) is 3. The summed E-state index contributed by atoms with van der Waals surface area (Å²) in [5.41, 5.74) is 4.27. The van der Waals surface area contributed by atoms with E-state index in [0.29, 0.717) is 45.6 Å². The number of nitrogens with one attached hydrogen (secondary N) is 2. The molecule has 1 aromatic carbocycles. The zero-order valence-electron chi connectivity index (χ0n) is 18.7. The van der Waals surface area contributed by atoms with Gasteiger partial charge in [-0.05, 0) is 69.2 Å². The molecule has 6 heteroatoms. The van der Waals surface area contributed by atoms with Crippen LogP contribution in [-0.2, 0) is 0 Å². The van der Waals surface area contributed by atoms with Crippen molar-refractivity contribution in [2.45, 2.75) is 48.0 Å². The first-order chi connectivity index (χ1) is 14.1. The van der Waals surface area contributed by atoms with Crippen molar-refractivity contribution in [2.24, 2.45) is 11.8 Å². The zero-order valence-corrected chi connectivity index (χ0v) is 18.7. The number of rotatable bonds is 4. The Morgan fingerprint density at radius 1 is 1.07 bits per heavy atom. The highest BCUT2D eigenvalue weighted by atomic mass is 16.2. The van der Waals surface area contributed by atoms with Crippen molar-refractivity contribution in [1.29, 1.82) is 0 Å². The van der Waals surface area contributed by atoms with Crippen LogP contribution >= 0.6 is 0 Å². The van der Waals surface area contributed by atoms with Gasteiger partial charge in [0.15, 0.2) is 5.78 Å². The molecule has 0 saturated carbocycles. The van der Waals surface area contributed by atoms with Gasteiger partial charge in [0, 0.05) is 35.6 Å². The van der Waals surface area contributed by atoms with Crippen LogP contribution < -0.4 is 5.32 Å². The van der Waals surface area contributed by atoms with Crippen LogP contribution in [0.5, 0.6) is 0 Å². The molecule has 160 valence electrons. The van der Waals surface area contributed by atoms with E-state index in [9.17, 15) is 14.4 Å². The lowest BCUT2D eigenvalue weighted by Gasteiger charge is -2.35. The van der Waals surface area contributed by atoms with Crippen LogP contribution in [0.25, 0.3) is 0 Å². The minimum atomic E-state index is -0.323. The van der Waals surface area contributed by atoms with Crippen molar-refractivity contribution in [3.63, 3.8) is 0 Å². The minimum Gasteiger partial charge on any atom is -0.354 e. The summed E-state index contributed by atoms with van der Waals surface area (Å²) in [6.07, 6.45) is 1.14. The molecule has 2 unspecified atom stereocenters. The van der Waals surface area contributed by atoms with Gasteiger partial charge in [-0.25, -0.2) is 0 Å². The van der Waals surface area contributed by atoms with Crippen molar-refractivity contribution in [3.05, 3.63) is 51.8 Å². The van der Waals surface area contributed by atoms with Gasteiger partial charge in [0.25, 0.3) is 11.8 Å². The normalized spacial score (nSPS) is 18.9. The Hall–Kier alpha value is -2.89. The Bertz CT molecular complexity index is 995. The van der Waals surface area contributed by atoms with Crippen LogP contribution in [0.2, 0.25) is 0 Å². The maximum Gasteiger partial charge on any atom is 0.272 e. The number of aryl methyl sites for hydroxylation is 2. The highest BCUT2D eigenvalue weighted by Gasteiger charge is 2.27. The molecule has 1 aliphatic heterocycles. The first-order valence-corrected chi connectivity index (χ1v) is 10.5. The van der Waals surface area contributed by atoms with Crippen LogP contribution in [-0.4, -0.2) is 40.6 Å². The van der Waals surface area contributed by atoms with Crippen molar-refractivity contribution in [2.75, 3.05) is 18.4 Å². The van der Waals surface area contributed by atoms with Crippen LogP contribution in [0.3, 0.4) is 0 Å². The fraction of sp³-hybridized carbons (Fsp3) is 0.458. The number of anilines is 1. The summed E-state index contributed by atoms with van der Waals surface area (Å²) in [6.45, 7) is 12.8. The minimum absolute atomic E-state index is 0.00494. The van der Waals surface area contributed by atoms with Gasteiger partial charge in [0.2, 0.25) is 0 Å². The average Bonchev–Trinajstić information content (AvgIpc) is 2.96. The highest BCUT2D eigenvalue weighted by Crippen LogP contribution is 2.25. The smallest absolute Gasteiger partial charge is 0.272 e. The SMILES string of the molecule is CC(=O)c1c(C)[nH]c(C(=O)Nc2cc(C(=O)N3CC(C)CC(C)C3)ccc2C)c1C. The summed E-state index contributed by atoms with van der Waals surface area (Å²) >= 11 is 0. The molecule has 1 aliphatic rings. The number of carbonyl (C=O) groups excluding carboxylic acids is 3. The van der Waals surface area contributed by atoms with E-state index in [0.717, 1.165) is 25.1 Å². The van der Waals surface area contributed by atoms with Gasteiger partial charge in [0.1, 0.15) is 5.69 Å². The fourth-order valence-corrected chi connectivity index (χ4v) is 4.59.